The second kappa shape index (κ2) is 7.45. The van der Waals surface area contributed by atoms with Crippen molar-refractivity contribution in [1.29, 1.82) is 0 Å². The molecule has 24 heavy (non-hydrogen) atoms. The van der Waals surface area contributed by atoms with E-state index in [1.165, 1.54) is 50.4 Å². The Morgan fingerprint density at radius 1 is 1.21 bits per heavy atom. The van der Waals surface area contributed by atoms with E-state index in [0.29, 0.717) is 5.75 Å². The topological polar surface area (TPSA) is 84.9 Å². The quantitative estimate of drug-likeness (QED) is 0.822. The number of benzene rings is 2. The Labute approximate surface area is 137 Å². The number of hydrogen-bond donors (Lipinski definition) is 2. The summed E-state index contributed by atoms with van der Waals surface area (Å²) in [5, 5.41) is 12.1. The van der Waals surface area contributed by atoms with Gasteiger partial charge in [0.1, 0.15) is 22.9 Å². The number of ether oxygens (including phenoxy) is 2. The van der Waals surface area contributed by atoms with E-state index in [1.54, 1.807) is 6.07 Å². The van der Waals surface area contributed by atoms with Crippen LogP contribution >= 0.6 is 0 Å². The molecule has 0 aromatic heterocycles. The first-order valence-electron chi connectivity index (χ1n) is 7.05. The normalized spacial score (nSPS) is 11.5. The largest absolute Gasteiger partial charge is 0.507 e. The molecule has 0 saturated heterocycles. The average Bonchev–Trinajstić information content (AvgIpc) is 2.56. The van der Waals surface area contributed by atoms with Gasteiger partial charge in [0.15, 0.2) is 6.10 Å². The number of esters is 1. The number of amides is 1. The molecule has 7 heteroatoms. The molecular weight excluding hydrogens is 317 g/mol. The fraction of sp³-hybridized carbons (Fsp3) is 0.176. The number of phenolic OH excluding ortho intramolecular Hbond substituents is 1. The van der Waals surface area contributed by atoms with Crippen LogP contribution < -0.4 is 10.1 Å². The van der Waals surface area contributed by atoms with Crippen molar-refractivity contribution in [3.05, 3.63) is 53.8 Å². The molecule has 0 fully saturated rings. The Bertz CT molecular complexity index is 762. The van der Waals surface area contributed by atoms with Crippen molar-refractivity contribution in [1.82, 2.24) is 0 Å². The van der Waals surface area contributed by atoms with Crippen molar-refractivity contribution in [3.8, 4) is 11.5 Å². The van der Waals surface area contributed by atoms with E-state index in [9.17, 15) is 19.1 Å². The lowest BCUT2D eigenvalue weighted by atomic mass is 10.2. The second-order valence-electron chi connectivity index (χ2n) is 4.90. The summed E-state index contributed by atoms with van der Waals surface area (Å²) in [6.45, 7) is 1.34. The number of hydrogen-bond acceptors (Lipinski definition) is 5. The highest BCUT2D eigenvalue weighted by Gasteiger charge is 2.22. The van der Waals surface area contributed by atoms with E-state index in [-0.39, 0.29) is 17.0 Å². The van der Waals surface area contributed by atoms with Crippen LogP contribution in [0.15, 0.2) is 42.5 Å². The number of nitrogens with one attached hydrogen (secondary N) is 1. The number of carbonyl (C=O) groups excluding carboxylic acids is 2. The van der Waals surface area contributed by atoms with E-state index in [4.69, 9.17) is 9.47 Å². The van der Waals surface area contributed by atoms with Gasteiger partial charge >= 0.3 is 5.97 Å². The minimum absolute atomic E-state index is 0.0160. The summed E-state index contributed by atoms with van der Waals surface area (Å²) in [6, 6.07) is 9.67. The first-order chi connectivity index (χ1) is 11.4. The Hall–Kier alpha value is -3.09. The van der Waals surface area contributed by atoms with Crippen molar-refractivity contribution < 1.29 is 28.6 Å². The third-order valence-electron chi connectivity index (χ3n) is 3.21. The maximum absolute atomic E-state index is 13.5. The minimum atomic E-state index is -1.18. The SMILES string of the molecule is COc1ccc(C(=O)O[C@H](C)C(=O)Nc2ccccc2F)c(O)c1. The van der Waals surface area contributed by atoms with E-state index in [2.05, 4.69) is 5.32 Å². The van der Waals surface area contributed by atoms with Crippen LogP contribution in [0.1, 0.15) is 17.3 Å². The number of anilines is 1. The molecule has 0 unspecified atom stereocenters. The monoisotopic (exact) mass is 333 g/mol. The van der Waals surface area contributed by atoms with Gasteiger partial charge in [0.05, 0.1) is 12.8 Å². The van der Waals surface area contributed by atoms with Crippen LogP contribution in [-0.4, -0.2) is 30.2 Å². The molecule has 0 aliphatic rings. The minimum Gasteiger partial charge on any atom is -0.507 e. The van der Waals surface area contributed by atoms with Gasteiger partial charge in [-0.3, -0.25) is 4.79 Å². The highest BCUT2D eigenvalue weighted by molar-refractivity contribution is 5.98. The molecule has 0 aliphatic heterocycles. The van der Waals surface area contributed by atoms with Gasteiger partial charge in [0.25, 0.3) is 5.91 Å². The molecule has 126 valence electrons. The standard InChI is InChI=1S/C17H16FNO5/c1-10(16(21)19-14-6-4-3-5-13(14)18)24-17(22)12-8-7-11(23-2)9-15(12)20/h3-10,20H,1-2H3,(H,19,21)/t10-/m1/s1. The van der Waals surface area contributed by atoms with Gasteiger partial charge in [-0.15, -0.1) is 0 Å². The summed E-state index contributed by atoms with van der Waals surface area (Å²) in [4.78, 5) is 24.0. The predicted molar refractivity (Wildman–Crippen MR) is 84.6 cm³/mol. The van der Waals surface area contributed by atoms with Crippen molar-refractivity contribution in [2.24, 2.45) is 0 Å². The Morgan fingerprint density at radius 2 is 1.92 bits per heavy atom. The predicted octanol–water partition coefficient (Wildman–Crippen LogP) is 2.72. The molecule has 1 amide bonds. The molecule has 1 atom stereocenters. The van der Waals surface area contributed by atoms with Crippen LogP contribution in [0.5, 0.6) is 11.5 Å². The highest BCUT2D eigenvalue weighted by Crippen LogP contribution is 2.24. The molecule has 0 saturated carbocycles. The Morgan fingerprint density at radius 3 is 2.54 bits per heavy atom. The lowest BCUT2D eigenvalue weighted by molar-refractivity contribution is -0.123. The Kier molecular flexibility index (Phi) is 5.36. The van der Waals surface area contributed by atoms with Gasteiger partial charge in [0, 0.05) is 6.07 Å². The molecule has 2 rings (SSSR count). The lowest BCUT2D eigenvalue weighted by Gasteiger charge is -2.14. The van der Waals surface area contributed by atoms with Crippen LogP contribution in [0, 0.1) is 5.82 Å². The summed E-state index contributed by atoms with van der Waals surface area (Å²) in [5.41, 5.74) is -0.126. The summed E-state index contributed by atoms with van der Waals surface area (Å²) in [5.74, 6) is -2.14. The Balaban J connectivity index is 2.03. The zero-order chi connectivity index (χ0) is 17.7. The molecule has 2 N–H and O–H groups in total. The fourth-order valence-corrected chi connectivity index (χ4v) is 1.89. The average molecular weight is 333 g/mol. The zero-order valence-electron chi connectivity index (χ0n) is 13.1. The number of rotatable bonds is 5. The van der Waals surface area contributed by atoms with Gasteiger partial charge in [-0.25, -0.2) is 9.18 Å². The lowest BCUT2D eigenvalue weighted by Crippen LogP contribution is -2.30. The number of para-hydroxylation sites is 1. The van der Waals surface area contributed by atoms with Crippen LogP contribution in [0.4, 0.5) is 10.1 Å². The first kappa shape index (κ1) is 17.3. The van der Waals surface area contributed by atoms with Crippen molar-refractivity contribution >= 4 is 17.6 Å². The number of phenols is 1. The molecular formula is C17H16FNO5. The van der Waals surface area contributed by atoms with E-state index in [0.717, 1.165) is 0 Å². The van der Waals surface area contributed by atoms with Gasteiger partial charge in [-0.2, -0.15) is 0 Å². The fourth-order valence-electron chi connectivity index (χ4n) is 1.89. The van der Waals surface area contributed by atoms with Gasteiger partial charge in [-0.1, -0.05) is 12.1 Å². The molecule has 0 heterocycles. The number of carbonyl (C=O) groups is 2. The van der Waals surface area contributed by atoms with Crippen LogP contribution in [0.2, 0.25) is 0 Å². The molecule has 0 radical (unpaired) electrons. The van der Waals surface area contributed by atoms with Crippen molar-refractivity contribution in [3.63, 3.8) is 0 Å². The molecule has 0 bridgehead atoms. The summed E-state index contributed by atoms with van der Waals surface area (Å²) in [7, 11) is 1.42. The molecule has 2 aromatic rings. The number of halogens is 1. The smallest absolute Gasteiger partial charge is 0.342 e. The van der Waals surface area contributed by atoms with E-state index >= 15 is 0 Å². The molecule has 6 nitrogen and oxygen atoms in total. The maximum Gasteiger partial charge on any atom is 0.342 e. The van der Waals surface area contributed by atoms with Gasteiger partial charge < -0.3 is 19.9 Å². The molecule has 0 aliphatic carbocycles. The van der Waals surface area contributed by atoms with Crippen LogP contribution in [0.25, 0.3) is 0 Å². The van der Waals surface area contributed by atoms with Crippen molar-refractivity contribution in [2.45, 2.75) is 13.0 Å². The number of aromatic hydroxyl groups is 1. The summed E-state index contributed by atoms with van der Waals surface area (Å²) in [6.07, 6.45) is -1.18. The zero-order valence-corrected chi connectivity index (χ0v) is 13.1. The first-order valence-corrected chi connectivity index (χ1v) is 7.05. The van der Waals surface area contributed by atoms with E-state index in [1.807, 2.05) is 0 Å². The molecule has 0 spiro atoms. The van der Waals surface area contributed by atoms with Gasteiger partial charge in [0.2, 0.25) is 0 Å². The van der Waals surface area contributed by atoms with Crippen molar-refractivity contribution in [2.75, 3.05) is 12.4 Å². The summed E-state index contributed by atoms with van der Waals surface area (Å²) >= 11 is 0. The highest BCUT2D eigenvalue weighted by atomic mass is 19.1. The summed E-state index contributed by atoms with van der Waals surface area (Å²) < 4.78 is 23.4. The maximum atomic E-state index is 13.5. The van der Waals surface area contributed by atoms with Crippen LogP contribution in [0.3, 0.4) is 0 Å². The third kappa shape index (κ3) is 4.01. The molecule has 2 aromatic carbocycles. The second-order valence-corrected chi connectivity index (χ2v) is 4.90. The van der Waals surface area contributed by atoms with Gasteiger partial charge in [-0.05, 0) is 31.2 Å². The third-order valence-corrected chi connectivity index (χ3v) is 3.21. The van der Waals surface area contributed by atoms with Crippen LogP contribution in [-0.2, 0) is 9.53 Å². The number of methoxy groups -OCH3 is 1. The van der Waals surface area contributed by atoms with E-state index < -0.39 is 23.8 Å².